The second-order valence-electron chi connectivity index (χ2n) is 16.1. The van der Waals surface area contributed by atoms with Crippen LogP contribution in [0.25, 0.3) is 72.1 Å². The summed E-state index contributed by atoms with van der Waals surface area (Å²) in [5, 5.41) is 5.86. The summed E-state index contributed by atoms with van der Waals surface area (Å²) < 4.78 is 15.7. The second-order valence-corrected chi connectivity index (χ2v) is 16.1. The van der Waals surface area contributed by atoms with Crippen LogP contribution in [-0.2, 0) is 6.42 Å². The molecule has 58 heavy (non-hydrogen) atoms. The molecular weight excluding hydrogens is 709 g/mol. The lowest BCUT2D eigenvalue weighted by atomic mass is 9.87. The first-order valence-corrected chi connectivity index (χ1v) is 20.8. The van der Waals surface area contributed by atoms with Gasteiger partial charge >= 0.3 is 0 Å². The van der Waals surface area contributed by atoms with Gasteiger partial charge < -0.3 is 18.3 Å². The van der Waals surface area contributed by atoms with Gasteiger partial charge in [0.1, 0.15) is 22.3 Å². The van der Waals surface area contributed by atoms with Gasteiger partial charge in [-0.25, -0.2) is 0 Å². The number of para-hydroxylation sites is 4. The van der Waals surface area contributed by atoms with Crippen LogP contribution in [0.1, 0.15) is 48.9 Å². The number of fused-ring (bicyclic) bond motifs is 10. The Bertz CT molecular complexity index is 3190. The number of hydrogen-bond donors (Lipinski definition) is 0. The second kappa shape index (κ2) is 13.4. The molecule has 0 saturated carbocycles. The maximum Gasteiger partial charge on any atom is 0.145 e. The maximum atomic E-state index is 6.69. The topological polar surface area (TPSA) is 34.5 Å². The highest BCUT2D eigenvalue weighted by Gasteiger charge is 2.32. The van der Waals surface area contributed by atoms with Crippen LogP contribution in [0.15, 0.2) is 190 Å². The summed E-state index contributed by atoms with van der Waals surface area (Å²) in [6.45, 7) is 0. The van der Waals surface area contributed by atoms with Crippen molar-refractivity contribution < 1.29 is 8.83 Å². The Morgan fingerprint density at radius 1 is 0.621 bits per heavy atom. The van der Waals surface area contributed by atoms with Gasteiger partial charge in [-0.3, -0.25) is 0 Å². The third-order valence-electron chi connectivity index (χ3n) is 12.8. The van der Waals surface area contributed by atoms with Crippen LogP contribution in [-0.4, -0.2) is 15.5 Å². The summed E-state index contributed by atoms with van der Waals surface area (Å²) in [5.41, 5.74) is 15.3. The van der Waals surface area contributed by atoms with E-state index in [1.54, 1.807) is 0 Å². The van der Waals surface area contributed by atoms with Gasteiger partial charge in [0.05, 0.1) is 16.9 Å². The summed E-state index contributed by atoms with van der Waals surface area (Å²) in [7, 11) is 0. The molecule has 2 atom stereocenters. The van der Waals surface area contributed by atoms with E-state index in [-0.39, 0.29) is 6.04 Å². The fourth-order valence-electron chi connectivity index (χ4n) is 10.1. The van der Waals surface area contributed by atoms with Gasteiger partial charge in [0.2, 0.25) is 0 Å². The van der Waals surface area contributed by atoms with Crippen molar-refractivity contribution in [2.24, 2.45) is 5.92 Å². The Balaban J connectivity index is 0.982. The van der Waals surface area contributed by atoms with E-state index in [2.05, 4.69) is 179 Å². The summed E-state index contributed by atoms with van der Waals surface area (Å²) in [4.78, 5) is 2.64. The molecule has 5 aromatic carbocycles. The molecule has 0 aliphatic heterocycles. The van der Waals surface area contributed by atoms with Crippen LogP contribution in [0.4, 0.5) is 0 Å². The first-order chi connectivity index (χ1) is 28.8. The van der Waals surface area contributed by atoms with Crippen molar-refractivity contribution in [1.29, 1.82) is 0 Å². The zero-order valence-electron chi connectivity index (χ0n) is 32.3. The Morgan fingerprint density at radius 3 is 2.16 bits per heavy atom. The van der Waals surface area contributed by atoms with Gasteiger partial charge in [0.25, 0.3) is 0 Å². The summed E-state index contributed by atoms with van der Waals surface area (Å²) in [6.07, 6.45) is 29.9. The minimum atomic E-state index is 0.117. The normalized spacial score (nSPS) is 19.2. The number of rotatable bonds is 6. The zero-order chi connectivity index (χ0) is 38.2. The molecule has 3 heterocycles. The van der Waals surface area contributed by atoms with E-state index in [4.69, 9.17) is 8.83 Å². The molecule has 0 saturated heterocycles. The Kier molecular flexibility index (Phi) is 7.72. The van der Waals surface area contributed by atoms with Crippen molar-refractivity contribution in [3.63, 3.8) is 0 Å². The number of aromatic nitrogens is 1. The van der Waals surface area contributed by atoms with Crippen molar-refractivity contribution in [2.45, 2.75) is 44.6 Å². The average molecular weight is 751 g/mol. The highest BCUT2D eigenvalue weighted by atomic mass is 16.3. The van der Waals surface area contributed by atoms with Crippen LogP contribution >= 0.6 is 0 Å². The predicted molar refractivity (Wildman–Crippen MR) is 240 cm³/mol. The van der Waals surface area contributed by atoms with Crippen LogP contribution in [0.3, 0.4) is 0 Å². The van der Waals surface area contributed by atoms with E-state index in [1.165, 1.54) is 66.7 Å². The molecule has 8 aromatic rings. The van der Waals surface area contributed by atoms with Gasteiger partial charge in [-0.05, 0) is 91.8 Å². The van der Waals surface area contributed by atoms with Crippen LogP contribution in [0.2, 0.25) is 0 Å². The van der Waals surface area contributed by atoms with E-state index in [0.717, 1.165) is 71.6 Å². The van der Waals surface area contributed by atoms with Crippen molar-refractivity contribution in [3.05, 3.63) is 198 Å². The number of hydrogen-bond acceptors (Lipinski definition) is 3. The molecule has 280 valence electrons. The Morgan fingerprint density at radius 2 is 1.40 bits per heavy atom. The van der Waals surface area contributed by atoms with Crippen molar-refractivity contribution in [1.82, 2.24) is 9.47 Å². The first-order valence-electron chi connectivity index (χ1n) is 20.8. The van der Waals surface area contributed by atoms with Gasteiger partial charge in [0, 0.05) is 67.8 Å². The van der Waals surface area contributed by atoms with E-state index >= 15 is 0 Å². The number of nitrogens with zero attached hydrogens (tertiary/aromatic N) is 2. The van der Waals surface area contributed by atoms with Crippen molar-refractivity contribution in [2.75, 3.05) is 0 Å². The highest BCUT2D eigenvalue weighted by molar-refractivity contribution is 6.17. The number of allylic oxidation sites excluding steroid dienone is 11. The molecule has 0 bridgehead atoms. The predicted octanol–water partition coefficient (Wildman–Crippen LogP) is 14.2. The molecule has 0 N–H and O–H groups in total. The molecular formula is C54H42N2O2. The quantitative estimate of drug-likeness (QED) is 0.170. The molecule has 0 fully saturated rings. The lowest BCUT2D eigenvalue weighted by Gasteiger charge is -2.39. The molecule has 4 heteroatoms. The minimum Gasteiger partial charge on any atom is -0.455 e. The van der Waals surface area contributed by atoms with E-state index in [9.17, 15) is 0 Å². The first kappa shape index (κ1) is 33.4. The molecule has 4 aliphatic rings. The lowest BCUT2D eigenvalue weighted by molar-refractivity contribution is 0.349. The molecule has 0 spiro atoms. The van der Waals surface area contributed by atoms with Crippen LogP contribution in [0.5, 0.6) is 0 Å². The largest absolute Gasteiger partial charge is 0.455 e. The summed E-state index contributed by atoms with van der Waals surface area (Å²) in [5.74, 6) is 0.415. The third-order valence-corrected chi connectivity index (χ3v) is 12.8. The smallest absolute Gasteiger partial charge is 0.145 e. The van der Waals surface area contributed by atoms with E-state index < -0.39 is 0 Å². The standard InChI is InChI=1S/C54H42N2O2/c1-3-12-35(13-4-1)36-22-26-39(27-23-36)55(40-28-24-37(25-29-40)42-18-11-19-45-43-16-7-9-20-50(43)57-53(42)45)41-30-31-47-49(34-41)56(38-14-5-2-6-15-38)48-33-32-46-44-17-8-10-21-51(44)58-54(46)52(47)48/h2-3,5-22,24,26-28,30-33,36,41H,1,4,23,25,29,34H2. The van der Waals surface area contributed by atoms with Crippen molar-refractivity contribution >= 4 is 66.4 Å². The summed E-state index contributed by atoms with van der Waals surface area (Å²) >= 11 is 0. The van der Waals surface area contributed by atoms with Gasteiger partial charge in [-0.1, -0.05) is 121 Å². The highest BCUT2D eigenvalue weighted by Crippen LogP contribution is 2.44. The number of benzene rings is 5. The fraction of sp³-hybridized carbons (Fsp3) is 0.148. The molecule has 3 aromatic heterocycles. The molecule has 4 nitrogen and oxygen atoms in total. The summed E-state index contributed by atoms with van der Waals surface area (Å²) in [6, 6.07) is 38.9. The van der Waals surface area contributed by atoms with Crippen LogP contribution < -0.4 is 0 Å². The van der Waals surface area contributed by atoms with Gasteiger partial charge in [0.15, 0.2) is 0 Å². The molecule has 4 aliphatic carbocycles. The SMILES string of the molecule is C1=CC(C2C=CC(N(C3=CC=C(c4cccc5c4oc4ccccc45)CC3)C3C=Cc4c(n(-c5ccccc5)c5ccc6c7ccccc7oc6c45)C3)=CC2)=CCC1. The van der Waals surface area contributed by atoms with Crippen LogP contribution in [0, 0.1) is 5.92 Å². The lowest BCUT2D eigenvalue weighted by Crippen LogP contribution is -2.36. The molecule has 2 unspecified atom stereocenters. The Hall–Kier alpha value is -6.78. The minimum absolute atomic E-state index is 0.117. The van der Waals surface area contributed by atoms with E-state index in [0.29, 0.717) is 5.92 Å². The fourth-order valence-corrected chi connectivity index (χ4v) is 10.1. The Labute approximate surface area is 337 Å². The van der Waals surface area contributed by atoms with Gasteiger partial charge in [-0.2, -0.15) is 0 Å². The van der Waals surface area contributed by atoms with E-state index in [1.807, 2.05) is 0 Å². The number of furan rings is 2. The maximum absolute atomic E-state index is 6.69. The molecule has 0 radical (unpaired) electrons. The molecule has 12 rings (SSSR count). The zero-order valence-corrected chi connectivity index (χ0v) is 32.3. The van der Waals surface area contributed by atoms with Gasteiger partial charge in [-0.15, -0.1) is 0 Å². The monoisotopic (exact) mass is 750 g/mol. The molecule has 0 amide bonds. The third kappa shape index (κ3) is 5.28. The average Bonchev–Trinajstić information content (AvgIpc) is 3.97. The van der Waals surface area contributed by atoms with Crippen molar-refractivity contribution in [3.8, 4) is 5.69 Å².